The summed E-state index contributed by atoms with van der Waals surface area (Å²) in [6.07, 6.45) is 8.73. The molecule has 2 N–H and O–H groups in total. The molecule has 0 amide bonds. The van der Waals surface area contributed by atoms with Crippen molar-refractivity contribution < 1.29 is 9.26 Å². The summed E-state index contributed by atoms with van der Waals surface area (Å²) in [5, 5.41) is 11.9. The second-order valence-electron chi connectivity index (χ2n) is 9.46. The zero-order valence-electron chi connectivity index (χ0n) is 18.6. The van der Waals surface area contributed by atoms with E-state index in [0.717, 1.165) is 41.0 Å². The smallest absolute Gasteiger partial charge is 0.230 e. The summed E-state index contributed by atoms with van der Waals surface area (Å²) in [6, 6.07) is 1.09. The van der Waals surface area contributed by atoms with Crippen molar-refractivity contribution in [2.75, 3.05) is 24.7 Å². The molecule has 3 aromatic heterocycles. The molecule has 0 atom stereocenters. The molecule has 9 heteroatoms. The van der Waals surface area contributed by atoms with E-state index in [2.05, 4.69) is 48.6 Å². The van der Waals surface area contributed by atoms with Crippen molar-refractivity contribution in [3.8, 4) is 0 Å². The lowest BCUT2D eigenvalue weighted by atomic mass is 9.90. The predicted molar refractivity (Wildman–Crippen MR) is 123 cm³/mol. The van der Waals surface area contributed by atoms with E-state index < -0.39 is 0 Å². The Morgan fingerprint density at radius 2 is 1.97 bits per heavy atom. The normalized spacial score (nSPS) is 23.1. The molecule has 0 saturated heterocycles. The highest BCUT2D eigenvalue weighted by Gasteiger charge is 2.32. The summed E-state index contributed by atoms with van der Waals surface area (Å²) in [6.45, 7) is 4.93. The fraction of sp³-hybridized carbons (Fsp3) is 0.591. The van der Waals surface area contributed by atoms with Gasteiger partial charge in [0.25, 0.3) is 0 Å². The second-order valence-corrected chi connectivity index (χ2v) is 10.5. The van der Waals surface area contributed by atoms with Crippen LogP contribution in [0, 0.1) is 0 Å². The summed E-state index contributed by atoms with van der Waals surface area (Å²) in [4.78, 5) is 14.3. The molecule has 4 heterocycles. The number of fused-ring (bicyclic) bond motifs is 3. The van der Waals surface area contributed by atoms with E-state index in [1.807, 2.05) is 0 Å². The van der Waals surface area contributed by atoms with Gasteiger partial charge in [-0.15, -0.1) is 11.3 Å². The first-order chi connectivity index (χ1) is 14.9. The quantitative estimate of drug-likeness (QED) is 0.595. The Morgan fingerprint density at radius 3 is 2.68 bits per heavy atom. The summed E-state index contributed by atoms with van der Waals surface area (Å²) in [5.74, 6) is 1.48. The van der Waals surface area contributed by atoms with Crippen LogP contribution in [0.1, 0.15) is 50.0 Å². The lowest BCUT2D eigenvalue weighted by Crippen LogP contribution is -2.36. The van der Waals surface area contributed by atoms with Crippen LogP contribution in [0.15, 0.2) is 17.0 Å². The van der Waals surface area contributed by atoms with E-state index in [4.69, 9.17) is 19.2 Å². The van der Waals surface area contributed by atoms with Crippen molar-refractivity contribution in [2.45, 2.75) is 70.2 Å². The molecule has 1 aliphatic heterocycles. The summed E-state index contributed by atoms with van der Waals surface area (Å²) in [5.41, 5.74) is 1.89. The molecule has 1 saturated carbocycles. The van der Waals surface area contributed by atoms with Crippen molar-refractivity contribution in [3.63, 3.8) is 0 Å². The molecule has 0 unspecified atom stereocenters. The van der Waals surface area contributed by atoms with Gasteiger partial charge in [-0.25, -0.2) is 4.98 Å². The van der Waals surface area contributed by atoms with Crippen molar-refractivity contribution in [3.05, 3.63) is 22.9 Å². The topological polar surface area (TPSA) is 88.3 Å². The van der Waals surface area contributed by atoms with Gasteiger partial charge in [-0.3, -0.25) is 0 Å². The molecule has 0 aromatic carbocycles. The summed E-state index contributed by atoms with van der Waals surface area (Å²) >= 11 is 1.71. The van der Waals surface area contributed by atoms with Gasteiger partial charge in [0, 0.05) is 23.4 Å². The Balaban J connectivity index is 1.50. The number of aromatic nitrogens is 3. The average Bonchev–Trinajstić information content (AvgIpc) is 3.35. The lowest BCUT2D eigenvalue weighted by Gasteiger charge is -2.33. The average molecular weight is 443 g/mol. The minimum atomic E-state index is -0.179. The Hall–Kier alpha value is -2.23. The molecule has 3 aromatic rings. The number of hydrogen-bond acceptors (Lipinski definition) is 9. The van der Waals surface area contributed by atoms with Crippen LogP contribution in [0.25, 0.3) is 10.2 Å². The van der Waals surface area contributed by atoms with Crippen molar-refractivity contribution in [1.29, 1.82) is 0 Å². The second kappa shape index (κ2) is 8.03. The minimum Gasteiger partial charge on any atom is -0.370 e. The van der Waals surface area contributed by atoms with Crippen LogP contribution < -0.4 is 10.6 Å². The van der Waals surface area contributed by atoms with Crippen LogP contribution in [0.3, 0.4) is 0 Å². The fourth-order valence-electron chi connectivity index (χ4n) is 4.63. The molecule has 1 fully saturated rings. The molecular formula is C22H30N6O2S. The van der Waals surface area contributed by atoms with E-state index in [0.29, 0.717) is 24.6 Å². The van der Waals surface area contributed by atoms with Gasteiger partial charge in [0.2, 0.25) is 5.95 Å². The number of ether oxygens (including phenoxy) is 1. The van der Waals surface area contributed by atoms with E-state index in [1.54, 1.807) is 23.8 Å². The Labute approximate surface area is 186 Å². The van der Waals surface area contributed by atoms with Gasteiger partial charge in [-0.1, -0.05) is 5.16 Å². The molecule has 31 heavy (non-hydrogen) atoms. The maximum absolute atomic E-state index is 6.06. The lowest BCUT2D eigenvalue weighted by molar-refractivity contribution is -0.0379. The third-order valence-corrected chi connectivity index (χ3v) is 7.49. The molecule has 0 spiro atoms. The first kappa shape index (κ1) is 20.7. The van der Waals surface area contributed by atoms with E-state index in [9.17, 15) is 0 Å². The van der Waals surface area contributed by atoms with Crippen molar-refractivity contribution in [1.82, 2.24) is 20.0 Å². The Morgan fingerprint density at radius 1 is 1.16 bits per heavy atom. The van der Waals surface area contributed by atoms with Crippen LogP contribution in [0.4, 0.5) is 17.5 Å². The summed E-state index contributed by atoms with van der Waals surface area (Å²) < 4.78 is 11.0. The van der Waals surface area contributed by atoms with Crippen molar-refractivity contribution >= 4 is 39.0 Å². The molecule has 2 aliphatic rings. The highest BCUT2D eigenvalue weighted by Crippen LogP contribution is 2.42. The minimum absolute atomic E-state index is 0.179. The third kappa shape index (κ3) is 4.26. The number of thiophene rings is 1. The van der Waals surface area contributed by atoms with Gasteiger partial charge in [0.1, 0.15) is 22.6 Å². The van der Waals surface area contributed by atoms with Gasteiger partial charge in [0.15, 0.2) is 0 Å². The van der Waals surface area contributed by atoms with E-state index >= 15 is 0 Å². The standard InChI is InChI=1S/C22H30N6O2S/c1-22(2)9-16-17(12-29-22)31-20-18(16)19(24-13-5-7-15(8-6-13)28(3)4)26-21(27-20)25-14-10-23-30-11-14/h10-11,13,15H,5-9,12H2,1-4H3,(H2,24,25,26,27). The van der Waals surface area contributed by atoms with Crippen LogP contribution in [0.2, 0.25) is 0 Å². The van der Waals surface area contributed by atoms with Crippen LogP contribution in [-0.4, -0.2) is 51.8 Å². The zero-order chi connectivity index (χ0) is 21.6. The highest BCUT2D eigenvalue weighted by molar-refractivity contribution is 7.19. The largest absolute Gasteiger partial charge is 0.370 e. The first-order valence-electron chi connectivity index (χ1n) is 10.9. The zero-order valence-corrected chi connectivity index (χ0v) is 19.4. The molecule has 0 radical (unpaired) electrons. The first-order valence-corrected chi connectivity index (χ1v) is 11.8. The van der Waals surface area contributed by atoms with Gasteiger partial charge >= 0.3 is 0 Å². The number of anilines is 3. The molecule has 8 nitrogen and oxygen atoms in total. The van der Waals surface area contributed by atoms with E-state index in [-0.39, 0.29) is 5.60 Å². The maximum atomic E-state index is 6.06. The third-order valence-electron chi connectivity index (χ3n) is 6.39. The molecular weight excluding hydrogens is 412 g/mol. The number of rotatable bonds is 5. The number of nitrogens with one attached hydrogen (secondary N) is 2. The van der Waals surface area contributed by atoms with Crippen LogP contribution in [-0.2, 0) is 17.8 Å². The number of hydrogen-bond donors (Lipinski definition) is 2. The van der Waals surface area contributed by atoms with Crippen LogP contribution in [0.5, 0.6) is 0 Å². The monoisotopic (exact) mass is 442 g/mol. The van der Waals surface area contributed by atoms with E-state index in [1.165, 1.54) is 23.3 Å². The Kier molecular flexibility index (Phi) is 5.35. The number of nitrogens with zero attached hydrogens (tertiary/aromatic N) is 4. The Bertz CT molecular complexity index is 1050. The predicted octanol–water partition coefficient (Wildman–Crippen LogP) is 4.56. The fourth-order valence-corrected chi connectivity index (χ4v) is 5.73. The van der Waals surface area contributed by atoms with Gasteiger partial charge in [-0.05, 0) is 59.2 Å². The molecule has 5 rings (SSSR count). The summed E-state index contributed by atoms with van der Waals surface area (Å²) in [7, 11) is 4.35. The van der Waals surface area contributed by atoms with Gasteiger partial charge in [-0.2, -0.15) is 4.98 Å². The molecule has 1 aliphatic carbocycles. The highest BCUT2D eigenvalue weighted by atomic mass is 32.1. The van der Waals surface area contributed by atoms with Gasteiger partial charge in [0.05, 0.1) is 23.8 Å². The molecule has 0 bridgehead atoms. The van der Waals surface area contributed by atoms with Gasteiger partial charge < -0.3 is 24.8 Å². The SMILES string of the molecule is CN(C)C1CCC(Nc2nc(Nc3cnoc3)nc3sc4c(c23)CC(C)(C)OC4)CC1. The maximum Gasteiger partial charge on any atom is 0.230 e. The van der Waals surface area contributed by atoms with Crippen LogP contribution >= 0.6 is 11.3 Å². The van der Waals surface area contributed by atoms with Crippen molar-refractivity contribution in [2.24, 2.45) is 0 Å². The molecule has 166 valence electrons.